The number of phenols is 1. The monoisotopic (exact) mass is 307 g/mol. The molecule has 0 bridgehead atoms. The number of anilines is 1. The molecule has 0 spiro atoms. The number of halogens is 1. The van der Waals surface area contributed by atoms with Crippen LogP contribution in [0.1, 0.15) is 33.3 Å². The number of hydrogen-bond donors (Lipinski definition) is 1. The highest BCUT2D eigenvalue weighted by Gasteiger charge is 2.24. The van der Waals surface area contributed by atoms with E-state index in [2.05, 4.69) is 36.4 Å². The predicted octanol–water partition coefficient (Wildman–Crippen LogP) is 5.20. The van der Waals surface area contributed by atoms with Gasteiger partial charge in [-0.25, -0.2) is 0 Å². The summed E-state index contributed by atoms with van der Waals surface area (Å²) < 4.78 is 0. The van der Waals surface area contributed by atoms with Crippen molar-refractivity contribution in [1.82, 2.24) is 0 Å². The van der Waals surface area contributed by atoms with Crippen molar-refractivity contribution in [3.63, 3.8) is 0 Å². The van der Waals surface area contributed by atoms with Gasteiger partial charge in [0.05, 0.1) is 0 Å². The van der Waals surface area contributed by atoms with Crippen LogP contribution < -0.4 is 4.90 Å². The molecule has 0 saturated heterocycles. The quantitative estimate of drug-likeness (QED) is 0.732. The van der Waals surface area contributed by atoms with E-state index >= 15 is 0 Å². The summed E-state index contributed by atoms with van der Waals surface area (Å²) in [5.74, 6) is 0.395. The Balaban J connectivity index is 0.000000510. The smallest absolute Gasteiger partial charge is 0.125 e. The molecule has 0 radical (unpaired) electrons. The first-order valence-corrected chi connectivity index (χ1v) is 8.32. The standard InChI is InChI=1S/C15H17NO.C2H6.CH3Cl/c1-10(2)16-8-7-12-11-5-3-4-6-13(11)15(17)9-14(12)16;2*1-2/h3-6,9-10,17H,7-8H2,1-2H3;1-2H3;1H3. The Hall–Kier alpha value is -1.41. The van der Waals surface area contributed by atoms with Crippen LogP contribution in [0, 0.1) is 0 Å². The van der Waals surface area contributed by atoms with Gasteiger partial charge in [-0.15, -0.1) is 11.6 Å². The van der Waals surface area contributed by atoms with Gasteiger partial charge in [0, 0.05) is 36.1 Å². The molecule has 0 aliphatic carbocycles. The van der Waals surface area contributed by atoms with Gasteiger partial charge in [-0.2, -0.15) is 0 Å². The fraction of sp³-hybridized carbons (Fsp3) is 0.444. The Morgan fingerprint density at radius 3 is 2.24 bits per heavy atom. The number of fused-ring (bicyclic) bond motifs is 3. The van der Waals surface area contributed by atoms with E-state index in [-0.39, 0.29) is 0 Å². The second-order valence-corrected chi connectivity index (χ2v) is 4.98. The Bertz CT molecular complexity index is 581. The normalized spacial score (nSPS) is 12.4. The van der Waals surface area contributed by atoms with Crippen LogP contribution in [-0.4, -0.2) is 24.1 Å². The van der Waals surface area contributed by atoms with Crippen LogP contribution >= 0.6 is 11.6 Å². The maximum absolute atomic E-state index is 10.1. The van der Waals surface area contributed by atoms with Gasteiger partial charge in [0.2, 0.25) is 0 Å². The Labute approximate surface area is 133 Å². The van der Waals surface area contributed by atoms with E-state index in [1.165, 1.54) is 23.0 Å². The van der Waals surface area contributed by atoms with Gasteiger partial charge in [-0.3, -0.25) is 0 Å². The molecule has 2 nitrogen and oxygen atoms in total. The summed E-state index contributed by atoms with van der Waals surface area (Å²) in [5, 5.41) is 12.3. The highest BCUT2D eigenvalue weighted by Crippen LogP contribution is 2.39. The number of hydrogen-bond acceptors (Lipinski definition) is 2. The third-order valence-electron chi connectivity index (χ3n) is 3.65. The van der Waals surface area contributed by atoms with Gasteiger partial charge in [-0.1, -0.05) is 38.1 Å². The molecule has 1 aliphatic rings. The first-order valence-electron chi connectivity index (χ1n) is 7.56. The van der Waals surface area contributed by atoms with Crippen LogP contribution in [0.15, 0.2) is 30.3 Å². The van der Waals surface area contributed by atoms with Crippen molar-refractivity contribution in [2.24, 2.45) is 0 Å². The van der Waals surface area contributed by atoms with E-state index in [9.17, 15) is 5.11 Å². The minimum absolute atomic E-state index is 0.395. The molecule has 3 rings (SSSR count). The lowest BCUT2D eigenvalue weighted by Crippen LogP contribution is -2.28. The third kappa shape index (κ3) is 3.44. The van der Waals surface area contributed by atoms with Crippen molar-refractivity contribution in [1.29, 1.82) is 0 Å². The summed E-state index contributed by atoms with van der Waals surface area (Å²) in [5.41, 5.74) is 2.59. The minimum atomic E-state index is 0.395. The van der Waals surface area contributed by atoms with Crippen molar-refractivity contribution in [2.75, 3.05) is 17.8 Å². The first-order chi connectivity index (χ1) is 10.2. The van der Waals surface area contributed by atoms with Crippen LogP contribution in [0.5, 0.6) is 5.75 Å². The molecule has 3 heteroatoms. The van der Waals surface area contributed by atoms with E-state index in [0.29, 0.717) is 11.8 Å². The lowest BCUT2D eigenvalue weighted by molar-refractivity contribution is 0.481. The van der Waals surface area contributed by atoms with Crippen LogP contribution in [0.4, 0.5) is 5.69 Å². The molecule has 0 unspecified atom stereocenters. The first kappa shape index (κ1) is 17.6. The summed E-state index contributed by atoms with van der Waals surface area (Å²) in [6, 6.07) is 10.5. The third-order valence-corrected chi connectivity index (χ3v) is 3.65. The highest BCUT2D eigenvalue weighted by atomic mass is 35.5. The van der Waals surface area contributed by atoms with Crippen molar-refractivity contribution in [3.05, 3.63) is 35.9 Å². The number of benzene rings is 2. The van der Waals surface area contributed by atoms with E-state index in [1.54, 1.807) is 0 Å². The number of phenolic OH excluding ortho intramolecular Hbond substituents is 1. The van der Waals surface area contributed by atoms with Crippen molar-refractivity contribution in [3.8, 4) is 5.75 Å². The van der Waals surface area contributed by atoms with Crippen molar-refractivity contribution >= 4 is 28.1 Å². The maximum Gasteiger partial charge on any atom is 0.125 e. The van der Waals surface area contributed by atoms with Crippen molar-refractivity contribution < 1.29 is 5.11 Å². The Morgan fingerprint density at radius 2 is 1.67 bits per heavy atom. The average Bonchev–Trinajstić information content (AvgIpc) is 2.96. The summed E-state index contributed by atoms with van der Waals surface area (Å²) in [7, 11) is 0. The molecule has 2 aromatic rings. The summed E-state index contributed by atoms with van der Waals surface area (Å²) >= 11 is 4.64. The zero-order valence-corrected chi connectivity index (χ0v) is 14.4. The number of nitrogens with zero attached hydrogens (tertiary/aromatic N) is 1. The molecule has 0 atom stereocenters. The highest BCUT2D eigenvalue weighted by molar-refractivity contribution is 6.15. The number of alkyl halides is 1. The lowest BCUT2D eigenvalue weighted by Gasteiger charge is -2.24. The van der Waals surface area contributed by atoms with Gasteiger partial charge in [0.15, 0.2) is 0 Å². The van der Waals surface area contributed by atoms with Crippen molar-refractivity contribution in [2.45, 2.75) is 40.2 Å². The molecular weight excluding hydrogens is 282 g/mol. The second-order valence-electron chi connectivity index (χ2n) is 4.98. The van der Waals surface area contributed by atoms with Crippen LogP contribution in [0.3, 0.4) is 0 Å². The SMILES string of the molecule is CC.CC(C)N1CCc2c1cc(O)c1ccccc21.CCl. The molecule has 1 N–H and O–H groups in total. The van der Waals surface area contributed by atoms with Crippen LogP contribution in [-0.2, 0) is 6.42 Å². The summed E-state index contributed by atoms with van der Waals surface area (Å²) in [6.45, 7) is 9.45. The predicted molar refractivity (Wildman–Crippen MR) is 94.9 cm³/mol. The van der Waals surface area contributed by atoms with E-state index < -0.39 is 0 Å². The zero-order valence-electron chi connectivity index (χ0n) is 13.7. The van der Waals surface area contributed by atoms with Crippen LogP contribution in [0.25, 0.3) is 10.8 Å². The van der Waals surface area contributed by atoms with Gasteiger partial charge >= 0.3 is 0 Å². The van der Waals surface area contributed by atoms with Gasteiger partial charge in [0.25, 0.3) is 0 Å². The largest absolute Gasteiger partial charge is 0.507 e. The average molecular weight is 308 g/mol. The van der Waals surface area contributed by atoms with E-state index in [0.717, 1.165) is 18.4 Å². The molecule has 1 heterocycles. The molecule has 2 aromatic carbocycles. The van der Waals surface area contributed by atoms with Gasteiger partial charge in [-0.05, 0) is 31.2 Å². The second kappa shape index (κ2) is 8.14. The fourth-order valence-electron chi connectivity index (χ4n) is 2.81. The van der Waals surface area contributed by atoms with Gasteiger partial charge in [0.1, 0.15) is 5.75 Å². The topological polar surface area (TPSA) is 23.5 Å². The molecule has 0 fully saturated rings. The molecule has 1 aliphatic heterocycles. The van der Waals surface area contributed by atoms with Crippen LogP contribution in [0.2, 0.25) is 0 Å². The molecule has 0 aromatic heterocycles. The number of rotatable bonds is 1. The zero-order chi connectivity index (χ0) is 16.0. The fourth-order valence-corrected chi connectivity index (χ4v) is 2.81. The maximum atomic E-state index is 10.1. The Morgan fingerprint density at radius 1 is 1.10 bits per heavy atom. The summed E-state index contributed by atoms with van der Waals surface area (Å²) in [6.07, 6.45) is 2.55. The summed E-state index contributed by atoms with van der Waals surface area (Å²) in [4.78, 5) is 2.36. The molecular formula is C18H26ClNO. The van der Waals surface area contributed by atoms with E-state index in [4.69, 9.17) is 0 Å². The molecule has 0 amide bonds. The number of aromatic hydroxyl groups is 1. The lowest BCUT2D eigenvalue weighted by atomic mass is 10.0. The Kier molecular flexibility index (Phi) is 6.83. The molecule has 21 heavy (non-hydrogen) atoms. The minimum Gasteiger partial charge on any atom is -0.507 e. The molecule has 116 valence electrons. The van der Waals surface area contributed by atoms with E-state index in [1.807, 2.05) is 38.1 Å². The molecule has 0 saturated carbocycles. The van der Waals surface area contributed by atoms with Gasteiger partial charge < -0.3 is 10.0 Å².